The van der Waals surface area contributed by atoms with Crippen molar-refractivity contribution >= 4 is 11.3 Å². The summed E-state index contributed by atoms with van der Waals surface area (Å²) in [5, 5.41) is 17.4. The third kappa shape index (κ3) is 4.97. The van der Waals surface area contributed by atoms with Crippen LogP contribution in [0, 0.1) is 12.7 Å². The van der Waals surface area contributed by atoms with Crippen molar-refractivity contribution in [3.8, 4) is 11.4 Å². The van der Waals surface area contributed by atoms with Gasteiger partial charge in [-0.15, -0.1) is 0 Å². The Morgan fingerprint density at radius 1 is 1.27 bits per heavy atom. The van der Waals surface area contributed by atoms with Gasteiger partial charge in [0, 0.05) is 25.1 Å². The lowest BCUT2D eigenvalue weighted by atomic mass is 10.1. The lowest BCUT2D eigenvalue weighted by Gasteiger charge is -2.20. The van der Waals surface area contributed by atoms with E-state index in [4.69, 9.17) is 4.52 Å². The summed E-state index contributed by atoms with van der Waals surface area (Å²) in [6.07, 6.45) is 1.49. The number of aryl methyl sites for hydroxylation is 2. The minimum absolute atomic E-state index is 0.133. The molecule has 0 bridgehead atoms. The highest BCUT2D eigenvalue weighted by Gasteiger charge is 2.11. The highest BCUT2D eigenvalue weighted by atomic mass is 32.1. The highest BCUT2D eigenvalue weighted by molar-refractivity contribution is 7.07. The fraction of sp³-hybridized carbons (Fsp3) is 0.368. The molecule has 0 saturated carbocycles. The van der Waals surface area contributed by atoms with Crippen LogP contribution in [0.2, 0.25) is 0 Å². The van der Waals surface area contributed by atoms with Crippen LogP contribution in [0.1, 0.15) is 23.4 Å². The monoisotopic (exact) mass is 375 g/mol. The molecule has 0 fully saturated rings. The van der Waals surface area contributed by atoms with E-state index in [9.17, 15) is 9.50 Å². The zero-order valence-electron chi connectivity index (χ0n) is 14.7. The lowest BCUT2D eigenvalue weighted by molar-refractivity contribution is 0.187. The zero-order chi connectivity index (χ0) is 18.4. The number of halogens is 1. The molecule has 0 amide bonds. The predicted molar refractivity (Wildman–Crippen MR) is 99.4 cm³/mol. The van der Waals surface area contributed by atoms with E-state index in [1.165, 1.54) is 11.6 Å². The van der Waals surface area contributed by atoms with Crippen molar-refractivity contribution in [1.29, 1.82) is 0 Å². The number of aliphatic hydroxyl groups excluding tert-OH is 1. The molecule has 3 rings (SSSR count). The first-order valence-corrected chi connectivity index (χ1v) is 9.53. The molecule has 0 aliphatic carbocycles. The van der Waals surface area contributed by atoms with Gasteiger partial charge in [-0.25, -0.2) is 4.39 Å². The topological polar surface area (TPSA) is 62.4 Å². The second kappa shape index (κ2) is 9.02. The second-order valence-electron chi connectivity index (χ2n) is 6.21. The Morgan fingerprint density at radius 2 is 2.15 bits per heavy atom. The average Bonchev–Trinajstić information content (AvgIpc) is 3.29. The number of rotatable bonds is 9. The molecular formula is C19H22FN3O2S. The van der Waals surface area contributed by atoms with Crippen LogP contribution in [-0.4, -0.2) is 39.8 Å². The van der Waals surface area contributed by atoms with Gasteiger partial charge in [-0.3, -0.25) is 4.90 Å². The van der Waals surface area contributed by atoms with Crippen molar-refractivity contribution < 1.29 is 14.0 Å². The maximum atomic E-state index is 13.7. The Morgan fingerprint density at radius 3 is 2.88 bits per heavy atom. The van der Waals surface area contributed by atoms with Crippen LogP contribution in [0.15, 0.2) is 39.5 Å². The number of thiophene rings is 1. The minimum Gasteiger partial charge on any atom is -0.395 e. The van der Waals surface area contributed by atoms with Crippen LogP contribution in [0.3, 0.4) is 0 Å². The highest BCUT2D eigenvalue weighted by Crippen LogP contribution is 2.19. The van der Waals surface area contributed by atoms with Crippen LogP contribution in [-0.2, 0) is 13.0 Å². The Balaban J connectivity index is 1.54. The fourth-order valence-corrected chi connectivity index (χ4v) is 3.37. The first-order chi connectivity index (χ1) is 12.7. The molecule has 0 unspecified atom stereocenters. The minimum atomic E-state index is -0.276. The van der Waals surface area contributed by atoms with Crippen LogP contribution >= 0.6 is 11.3 Å². The quantitative estimate of drug-likeness (QED) is 0.618. The van der Waals surface area contributed by atoms with E-state index in [1.54, 1.807) is 30.4 Å². The third-order valence-electron chi connectivity index (χ3n) is 4.17. The Bertz CT molecular complexity index is 820. The van der Waals surface area contributed by atoms with Crippen molar-refractivity contribution in [2.75, 3.05) is 19.7 Å². The van der Waals surface area contributed by atoms with Gasteiger partial charge in [0.15, 0.2) is 0 Å². The molecule has 1 N–H and O–H groups in total. The van der Waals surface area contributed by atoms with Crippen molar-refractivity contribution in [2.24, 2.45) is 0 Å². The van der Waals surface area contributed by atoms with Crippen LogP contribution in [0.5, 0.6) is 0 Å². The van der Waals surface area contributed by atoms with Crippen molar-refractivity contribution in [3.63, 3.8) is 0 Å². The van der Waals surface area contributed by atoms with E-state index < -0.39 is 0 Å². The third-order valence-corrected chi connectivity index (χ3v) is 4.90. The number of hydrogen-bond acceptors (Lipinski definition) is 6. The molecule has 138 valence electrons. The SMILES string of the molecule is Cc1ccc(-c2noc(CCCN(CCO)Cc3ccsc3)n2)cc1F. The first kappa shape index (κ1) is 18.7. The Hall–Kier alpha value is -2.09. The van der Waals surface area contributed by atoms with Crippen LogP contribution in [0.4, 0.5) is 4.39 Å². The number of aliphatic hydroxyl groups is 1. The molecule has 0 aliphatic rings. The second-order valence-corrected chi connectivity index (χ2v) is 6.99. The molecule has 3 aromatic rings. The van der Waals surface area contributed by atoms with Crippen LogP contribution < -0.4 is 0 Å². The van der Waals surface area contributed by atoms with E-state index in [2.05, 4.69) is 31.9 Å². The van der Waals surface area contributed by atoms with E-state index in [0.717, 1.165) is 19.5 Å². The first-order valence-electron chi connectivity index (χ1n) is 8.59. The van der Waals surface area contributed by atoms with Gasteiger partial charge in [0.2, 0.25) is 11.7 Å². The number of hydrogen-bond donors (Lipinski definition) is 1. The summed E-state index contributed by atoms with van der Waals surface area (Å²) in [5.41, 5.74) is 2.46. The van der Waals surface area contributed by atoms with E-state index >= 15 is 0 Å². The van der Waals surface area contributed by atoms with Gasteiger partial charge in [-0.2, -0.15) is 16.3 Å². The van der Waals surface area contributed by atoms with Gasteiger partial charge in [-0.1, -0.05) is 17.3 Å². The zero-order valence-corrected chi connectivity index (χ0v) is 15.5. The van der Waals surface area contributed by atoms with Gasteiger partial charge >= 0.3 is 0 Å². The summed E-state index contributed by atoms with van der Waals surface area (Å²) < 4.78 is 19.0. The van der Waals surface area contributed by atoms with E-state index in [0.29, 0.717) is 35.8 Å². The van der Waals surface area contributed by atoms with E-state index in [1.807, 2.05) is 0 Å². The molecule has 5 nitrogen and oxygen atoms in total. The maximum Gasteiger partial charge on any atom is 0.227 e. The standard InChI is InChI=1S/C19H22FN3O2S/c1-14-4-5-16(11-17(14)20)19-21-18(25-22-19)3-2-7-23(8-9-24)12-15-6-10-26-13-15/h4-6,10-11,13,24H,2-3,7-9,12H2,1H3. The summed E-state index contributed by atoms with van der Waals surface area (Å²) in [6, 6.07) is 7.02. The molecule has 0 atom stereocenters. The van der Waals surface area contributed by atoms with Gasteiger partial charge in [0.25, 0.3) is 0 Å². The lowest BCUT2D eigenvalue weighted by Crippen LogP contribution is -2.27. The molecule has 1 aromatic carbocycles. The molecule has 0 radical (unpaired) electrons. The molecule has 2 heterocycles. The summed E-state index contributed by atoms with van der Waals surface area (Å²) >= 11 is 1.67. The van der Waals surface area contributed by atoms with Gasteiger partial charge in [0.05, 0.1) is 6.61 Å². The van der Waals surface area contributed by atoms with Crippen molar-refractivity contribution in [1.82, 2.24) is 15.0 Å². The van der Waals surface area contributed by atoms with Gasteiger partial charge in [0.1, 0.15) is 5.82 Å². The summed E-state index contributed by atoms with van der Waals surface area (Å²) in [4.78, 5) is 6.56. The van der Waals surface area contributed by atoms with Gasteiger partial charge in [-0.05, 0) is 53.9 Å². The predicted octanol–water partition coefficient (Wildman–Crippen LogP) is 3.67. The summed E-state index contributed by atoms with van der Waals surface area (Å²) in [5.74, 6) is 0.673. The molecular weight excluding hydrogens is 353 g/mol. The number of nitrogens with zero attached hydrogens (tertiary/aromatic N) is 3. The Kier molecular flexibility index (Phi) is 6.49. The number of aromatic nitrogens is 2. The largest absolute Gasteiger partial charge is 0.395 e. The molecule has 0 spiro atoms. The average molecular weight is 375 g/mol. The molecule has 0 saturated heterocycles. The smallest absolute Gasteiger partial charge is 0.227 e. The van der Waals surface area contributed by atoms with Gasteiger partial charge < -0.3 is 9.63 Å². The van der Waals surface area contributed by atoms with E-state index in [-0.39, 0.29) is 12.4 Å². The summed E-state index contributed by atoms with van der Waals surface area (Å²) in [6.45, 7) is 4.13. The molecule has 26 heavy (non-hydrogen) atoms. The fourth-order valence-electron chi connectivity index (χ4n) is 2.71. The molecule has 7 heteroatoms. The molecule has 2 aromatic heterocycles. The maximum absolute atomic E-state index is 13.7. The Labute approximate surface area is 156 Å². The molecule has 0 aliphatic heterocycles. The number of benzene rings is 1. The van der Waals surface area contributed by atoms with Crippen LogP contribution in [0.25, 0.3) is 11.4 Å². The van der Waals surface area contributed by atoms with Crippen molar-refractivity contribution in [2.45, 2.75) is 26.3 Å². The van der Waals surface area contributed by atoms with Crippen molar-refractivity contribution in [3.05, 3.63) is 57.9 Å². The summed E-state index contributed by atoms with van der Waals surface area (Å²) in [7, 11) is 0. The normalized spacial score (nSPS) is 11.4.